The highest BCUT2D eigenvalue weighted by molar-refractivity contribution is 5.92. The van der Waals surface area contributed by atoms with Crippen molar-refractivity contribution in [1.82, 2.24) is 4.98 Å². The summed E-state index contributed by atoms with van der Waals surface area (Å²) in [6.45, 7) is 2.27. The van der Waals surface area contributed by atoms with Gasteiger partial charge in [-0.25, -0.2) is 0 Å². The highest BCUT2D eigenvalue weighted by Gasteiger charge is 2.11. The molecule has 2 heterocycles. The van der Waals surface area contributed by atoms with Crippen LogP contribution in [0.5, 0.6) is 0 Å². The molecule has 1 fully saturated rings. The minimum absolute atomic E-state index is 0.00294. The zero-order valence-corrected chi connectivity index (χ0v) is 12.1. The highest BCUT2D eigenvalue weighted by Crippen LogP contribution is 2.21. The van der Waals surface area contributed by atoms with E-state index < -0.39 is 0 Å². The molecule has 1 aliphatic rings. The summed E-state index contributed by atoms with van der Waals surface area (Å²) in [4.78, 5) is 17.4. The molecule has 1 aromatic carbocycles. The molecule has 21 heavy (non-hydrogen) atoms. The van der Waals surface area contributed by atoms with Crippen LogP contribution in [0.25, 0.3) is 0 Å². The van der Waals surface area contributed by atoms with Crippen molar-refractivity contribution in [3.8, 4) is 0 Å². The number of hydrogen-bond acceptors (Lipinski definition) is 2. The van der Waals surface area contributed by atoms with Gasteiger partial charge in [0.25, 0.3) is 0 Å². The molecular weight excluding hydrogens is 262 g/mol. The molecule has 1 saturated heterocycles. The van der Waals surface area contributed by atoms with Gasteiger partial charge in [-0.15, -0.1) is 0 Å². The van der Waals surface area contributed by atoms with E-state index in [2.05, 4.69) is 27.3 Å². The molecule has 2 N–H and O–H groups in total. The van der Waals surface area contributed by atoms with E-state index in [1.54, 1.807) is 0 Å². The minimum Gasteiger partial charge on any atom is -0.372 e. The van der Waals surface area contributed by atoms with Crippen LogP contribution in [0.2, 0.25) is 0 Å². The molecule has 0 aliphatic carbocycles. The molecule has 110 valence electrons. The smallest absolute Gasteiger partial charge is 0.230 e. The average Bonchev–Trinajstić information content (AvgIpc) is 3.02. The number of nitrogens with one attached hydrogen (secondary N) is 2. The lowest BCUT2D eigenvalue weighted by Gasteiger charge is -2.28. The molecular formula is C17H21N3O. The number of H-pyrrole nitrogens is 1. The third-order valence-electron chi connectivity index (χ3n) is 3.89. The van der Waals surface area contributed by atoms with Gasteiger partial charge >= 0.3 is 0 Å². The summed E-state index contributed by atoms with van der Waals surface area (Å²) in [5.41, 5.74) is 3.03. The first-order valence-electron chi connectivity index (χ1n) is 7.58. The van der Waals surface area contributed by atoms with Gasteiger partial charge in [0.15, 0.2) is 0 Å². The fourth-order valence-electron chi connectivity index (χ4n) is 2.76. The van der Waals surface area contributed by atoms with E-state index in [0.29, 0.717) is 6.42 Å². The van der Waals surface area contributed by atoms with Crippen LogP contribution in [0.3, 0.4) is 0 Å². The Morgan fingerprint density at radius 1 is 1.10 bits per heavy atom. The van der Waals surface area contributed by atoms with E-state index in [9.17, 15) is 4.79 Å². The van der Waals surface area contributed by atoms with Crippen LogP contribution in [0, 0.1) is 0 Å². The second kappa shape index (κ2) is 6.48. The number of nitrogens with zero attached hydrogens (tertiary/aromatic N) is 1. The molecule has 3 rings (SSSR count). The van der Waals surface area contributed by atoms with Gasteiger partial charge in [-0.2, -0.15) is 0 Å². The van der Waals surface area contributed by atoms with E-state index >= 15 is 0 Å². The molecule has 0 spiro atoms. The number of anilines is 2. The maximum absolute atomic E-state index is 11.9. The topological polar surface area (TPSA) is 48.1 Å². The van der Waals surface area contributed by atoms with Gasteiger partial charge < -0.3 is 15.2 Å². The van der Waals surface area contributed by atoms with Crippen molar-refractivity contribution < 1.29 is 4.79 Å². The van der Waals surface area contributed by atoms with Gasteiger partial charge in [-0.3, -0.25) is 4.79 Å². The summed E-state index contributed by atoms with van der Waals surface area (Å²) in [5, 5.41) is 2.93. The van der Waals surface area contributed by atoms with Gasteiger partial charge in [0.1, 0.15) is 0 Å². The van der Waals surface area contributed by atoms with Gasteiger partial charge in [0, 0.05) is 36.4 Å². The summed E-state index contributed by atoms with van der Waals surface area (Å²) in [5.74, 6) is 0.00294. The van der Waals surface area contributed by atoms with Crippen molar-refractivity contribution in [2.45, 2.75) is 25.7 Å². The number of carbonyl (C=O) groups is 1. The second-order valence-electron chi connectivity index (χ2n) is 5.51. The Balaban J connectivity index is 1.57. The molecule has 0 radical (unpaired) electrons. The lowest BCUT2D eigenvalue weighted by molar-refractivity contribution is -0.115. The van der Waals surface area contributed by atoms with Crippen molar-refractivity contribution in [3.63, 3.8) is 0 Å². The number of rotatable bonds is 4. The summed E-state index contributed by atoms with van der Waals surface area (Å²) < 4.78 is 0. The molecule has 2 aromatic rings. The van der Waals surface area contributed by atoms with E-state index in [1.165, 1.54) is 24.9 Å². The minimum atomic E-state index is 0.00294. The lowest BCUT2D eigenvalue weighted by atomic mass is 10.1. The van der Waals surface area contributed by atoms with E-state index in [4.69, 9.17) is 0 Å². The zero-order valence-electron chi connectivity index (χ0n) is 12.1. The van der Waals surface area contributed by atoms with Gasteiger partial charge in [0.2, 0.25) is 5.91 Å². The summed E-state index contributed by atoms with van der Waals surface area (Å²) >= 11 is 0. The normalized spacial score (nSPS) is 15.0. The number of carbonyl (C=O) groups excluding carboxylic acids is 1. The number of amides is 1. The Hall–Kier alpha value is -2.23. The maximum Gasteiger partial charge on any atom is 0.230 e. The highest BCUT2D eigenvalue weighted by atomic mass is 16.1. The van der Waals surface area contributed by atoms with Crippen LogP contribution in [0.15, 0.2) is 42.6 Å². The van der Waals surface area contributed by atoms with Crippen molar-refractivity contribution >= 4 is 17.3 Å². The molecule has 0 saturated carbocycles. The Bertz CT molecular complexity index is 569. The van der Waals surface area contributed by atoms with Crippen LogP contribution >= 0.6 is 0 Å². The average molecular weight is 283 g/mol. The quantitative estimate of drug-likeness (QED) is 0.905. The number of piperidine rings is 1. The van der Waals surface area contributed by atoms with Gasteiger partial charge in [-0.05, 0) is 55.7 Å². The van der Waals surface area contributed by atoms with Crippen LogP contribution in [-0.4, -0.2) is 24.0 Å². The molecule has 0 atom stereocenters. The molecule has 0 bridgehead atoms. The first kappa shape index (κ1) is 13.7. The first-order valence-corrected chi connectivity index (χ1v) is 7.58. The predicted octanol–water partition coefficient (Wildman–Crippen LogP) is 3.19. The largest absolute Gasteiger partial charge is 0.372 e. The SMILES string of the molecule is O=C(Cc1ccc[nH]1)Nc1ccc(N2CCCCC2)cc1. The van der Waals surface area contributed by atoms with Crippen LogP contribution in [0.1, 0.15) is 25.0 Å². The van der Waals surface area contributed by atoms with E-state index in [0.717, 1.165) is 24.5 Å². The molecule has 0 unspecified atom stereocenters. The Kier molecular flexibility index (Phi) is 4.24. The van der Waals surface area contributed by atoms with Crippen molar-refractivity contribution in [3.05, 3.63) is 48.3 Å². The number of hydrogen-bond donors (Lipinski definition) is 2. The predicted molar refractivity (Wildman–Crippen MR) is 85.6 cm³/mol. The van der Waals surface area contributed by atoms with E-state index in [1.807, 2.05) is 30.5 Å². The Labute approximate surface area is 125 Å². The zero-order chi connectivity index (χ0) is 14.5. The van der Waals surface area contributed by atoms with Gasteiger partial charge in [0.05, 0.1) is 6.42 Å². The van der Waals surface area contributed by atoms with Crippen LogP contribution in [-0.2, 0) is 11.2 Å². The number of aromatic nitrogens is 1. The summed E-state index contributed by atoms with van der Waals surface area (Å²) in [6, 6.07) is 12.0. The lowest BCUT2D eigenvalue weighted by Crippen LogP contribution is -2.29. The fourth-order valence-corrected chi connectivity index (χ4v) is 2.76. The number of benzene rings is 1. The third-order valence-corrected chi connectivity index (χ3v) is 3.89. The maximum atomic E-state index is 11.9. The van der Waals surface area contributed by atoms with Crippen molar-refractivity contribution in [2.75, 3.05) is 23.3 Å². The van der Waals surface area contributed by atoms with Crippen molar-refractivity contribution in [2.24, 2.45) is 0 Å². The summed E-state index contributed by atoms with van der Waals surface area (Å²) in [6.07, 6.45) is 6.09. The monoisotopic (exact) mass is 283 g/mol. The standard InChI is InChI=1S/C17H21N3O/c21-17(13-15-5-4-10-18-15)19-14-6-8-16(9-7-14)20-11-2-1-3-12-20/h4-10,18H,1-3,11-13H2,(H,19,21). The molecule has 1 amide bonds. The van der Waals surface area contributed by atoms with Crippen LogP contribution in [0.4, 0.5) is 11.4 Å². The fraction of sp³-hybridized carbons (Fsp3) is 0.353. The molecule has 1 aromatic heterocycles. The third kappa shape index (κ3) is 3.66. The summed E-state index contributed by atoms with van der Waals surface area (Å²) in [7, 11) is 0. The van der Waals surface area contributed by atoms with Crippen molar-refractivity contribution in [1.29, 1.82) is 0 Å². The molecule has 4 heteroatoms. The Morgan fingerprint density at radius 3 is 2.52 bits per heavy atom. The van der Waals surface area contributed by atoms with Crippen LogP contribution < -0.4 is 10.2 Å². The second-order valence-corrected chi connectivity index (χ2v) is 5.51. The number of aromatic amines is 1. The van der Waals surface area contributed by atoms with Gasteiger partial charge in [-0.1, -0.05) is 0 Å². The molecule has 1 aliphatic heterocycles. The van der Waals surface area contributed by atoms with E-state index in [-0.39, 0.29) is 5.91 Å². The Morgan fingerprint density at radius 2 is 1.86 bits per heavy atom. The first-order chi connectivity index (χ1) is 10.3. The molecule has 4 nitrogen and oxygen atoms in total.